The largest absolute Gasteiger partial charge is 0.466 e. The minimum Gasteiger partial charge on any atom is -0.466 e. The summed E-state index contributed by atoms with van der Waals surface area (Å²) in [5.74, 6) is 0.439. The third kappa shape index (κ3) is 5.19. The number of ether oxygens (including phenoxy) is 2. The molecule has 1 aromatic heterocycles. The third-order valence-corrected chi connectivity index (χ3v) is 5.64. The van der Waals surface area contributed by atoms with Gasteiger partial charge in [0.25, 0.3) is 5.91 Å². The Bertz CT molecular complexity index is 1130. The smallest absolute Gasteiger partial charge is 0.310 e. The van der Waals surface area contributed by atoms with Gasteiger partial charge in [-0.2, -0.15) is 4.98 Å². The fraction of sp³-hybridized carbons (Fsp3) is 0.308. The predicted molar refractivity (Wildman–Crippen MR) is 124 cm³/mol. The van der Waals surface area contributed by atoms with E-state index in [9.17, 15) is 9.59 Å². The van der Waals surface area contributed by atoms with Crippen molar-refractivity contribution in [1.82, 2.24) is 14.9 Å². The zero-order chi connectivity index (χ0) is 23.2. The van der Waals surface area contributed by atoms with Crippen LogP contribution in [-0.2, 0) is 9.53 Å². The Balaban J connectivity index is 1.67. The molecule has 1 aliphatic rings. The van der Waals surface area contributed by atoms with E-state index in [2.05, 4.69) is 9.97 Å². The SMILES string of the molecule is CCOC(=O)[C@@H]1CCCN(C(=O)c2cnc(-c3ccccc3)nc2Oc2ccccc2C)C1. The van der Waals surface area contributed by atoms with Crippen LogP contribution in [0.25, 0.3) is 11.4 Å². The normalized spacial score (nSPS) is 15.7. The molecule has 1 saturated heterocycles. The Kier molecular flexibility index (Phi) is 6.98. The van der Waals surface area contributed by atoms with Crippen LogP contribution in [0, 0.1) is 12.8 Å². The van der Waals surface area contributed by atoms with Crippen molar-refractivity contribution in [2.24, 2.45) is 5.92 Å². The molecule has 0 spiro atoms. The van der Waals surface area contributed by atoms with E-state index in [4.69, 9.17) is 9.47 Å². The molecule has 0 saturated carbocycles. The summed E-state index contributed by atoms with van der Waals surface area (Å²) in [6.07, 6.45) is 2.95. The number of amides is 1. The molecule has 0 radical (unpaired) electrons. The Morgan fingerprint density at radius 3 is 2.61 bits per heavy atom. The molecular weight excluding hydrogens is 418 g/mol. The second-order valence-electron chi connectivity index (χ2n) is 7.99. The van der Waals surface area contributed by atoms with E-state index in [0.29, 0.717) is 37.7 Å². The van der Waals surface area contributed by atoms with Gasteiger partial charge in [0.1, 0.15) is 11.3 Å². The number of hydrogen-bond donors (Lipinski definition) is 0. The number of hydrogen-bond acceptors (Lipinski definition) is 6. The lowest BCUT2D eigenvalue weighted by atomic mass is 9.97. The second kappa shape index (κ2) is 10.3. The zero-order valence-corrected chi connectivity index (χ0v) is 18.9. The maximum atomic E-state index is 13.5. The molecule has 0 aliphatic carbocycles. The van der Waals surface area contributed by atoms with E-state index in [1.807, 2.05) is 61.5 Å². The first kappa shape index (κ1) is 22.5. The van der Waals surface area contributed by atoms with Crippen molar-refractivity contribution in [3.63, 3.8) is 0 Å². The quantitative estimate of drug-likeness (QED) is 0.514. The highest BCUT2D eigenvalue weighted by Crippen LogP contribution is 2.30. The fourth-order valence-corrected chi connectivity index (χ4v) is 3.88. The van der Waals surface area contributed by atoms with Gasteiger partial charge in [-0.25, -0.2) is 4.98 Å². The van der Waals surface area contributed by atoms with Crippen LogP contribution < -0.4 is 4.74 Å². The molecule has 3 aromatic rings. The standard InChI is InChI=1S/C26H27N3O4/c1-3-32-26(31)20-13-9-15-29(17-20)25(30)21-16-27-23(19-11-5-4-6-12-19)28-24(21)33-22-14-8-7-10-18(22)2/h4-8,10-12,14,16,20H,3,9,13,15,17H2,1-2H3/t20-/m1/s1. The van der Waals surface area contributed by atoms with Crippen LogP contribution in [0.3, 0.4) is 0 Å². The summed E-state index contributed by atoms with van der Waals surface area (Å²) < 4.78 is 11.3. The first-order chi connectivity index (χ1) is 16.1. The topological polar surface area (TPSA) is 81.6 Å². The fourth-order valence-electron chi connectivity index (χ4n) is 3.88. The molecule has 1 aliphatic heterocycles. The molecule has 0 unspecified atom stereocenters. The molecule has 4 rings (SSSR count). The number of rotatable bonds is 6. The van der Waals surface area contributed by atoms with E-state index in [1.54, 1.807) is 11.8 Å². The summed E-state index contributed by atoms with van der Waals surface area (Å²) >= 11 is 0. The lowest BCUT2D eigenvalue weighted by molar-refractivity contribution is -0.149. The van der Waals surface area contributed by atoms with Gasteiger partial charge in [0, 0.05) is 24.8 Å². The average Bonchev–Trinajstić information content (AvgIpc) is 2.86. The third-order valence-electron chi connectivity index (χ3n) is 5.64. The number of para-hydroxylation sites is 1. The van der Waals surface area contributed by atoms with Gasteiger partial charge in [-0.05, 0) is 38.3 Å². The summed E-state index contributed by atoms with van der Waals surface area (Å²) in [4.78, 5) is 36.4. The maximum absolute atomic E-state index is 13.5. The number of benzene rings is 2. The summed E-state index contributed by atoms with van der Waals surface area (Å²) in [5, 5.41) is 0. The molecule has 1 atom stereocenters. The van der Waals surface area contributed by atoms with Crippen molar-refractivity contribution in [3.05, 3.63) is 71.9 Å². The van der Waals surface area contributed by atoms with E-state index in [0.717, 1.165) is 17.5 Å². The first-order valence-corrected chi connectivity index (χ1v) is 11.2. The van der Waals surface area contributed by atoms with Crippen molar-refractivity contribution >= 4 is 11.9 Å². The van der Waals surface area contributed by atoms with Gasteiger partial charge >= 0.3 is 5.97 Å². The van der Waals surface area contributed by atoms with E-state index in [-0.39, 0.29) is 29.2 Å². The Hall–Kier alpha value is -3.74. The highest BCUT2D eigenvalue weighted by atomic mass is 16.5. The van der Waals surface area contributed by atoms with Crippen molar-refractivity contribution in [1.29, 1.82) is 0 Å². The van der Waals surface area contributed by atoms with Crippen LogP contribution in [0.15, 0.2) is 60.8 Å². The zero-order valence-electron chi connectivity index (χ0n) is 18.9. The van der Waals surface area contributed by atoms with Crippen LogP contribution in [0.1, 0.15) is 35.7 Å². The second-order valence-corrected chi connectivity index (χ2v) is 7.99. The number of piperidine rings is 1. The van der Waals surface area contributed by atoms with Crippen molar-refractivity contribution in [2.75, 3.05) is 19.7 Å². The Morgan fingerprint density at radius 1 is 1.09 bits per heavy atom. The highest BCUT2D eigenvalue weighted by molar-refractivity contribution is 5.96. The summed E-state index contributed by atoms with van der Waals surface area (Å²) in [6, 6.07) is 17.1. The number of carbonyl (C=O) groups excluding carboxylic acids is 2. The van der Waals surface area contributed by atoms with Crippen LogP contribution in [0.2, 0.25) is 0 Å². The van der Waals surface area contributed by atoms with Crippen LogP contribution in [-0.4, -0.2) is 46.4 Å². The molecule has 0 bridgehead atoms. The lowest BCUT2D eigenvalue weighted by Crippen LogP contribution is -2.43. The number of likely N-dealkylation sites (tertiary alicyclic amines) is 1. The van der Waals surface area contributed by atoms with Crippen LogP contribution in [0.4, 0.5) is 0 Å². The average molecular weight is 446 g/mol. The molecule has 33 heavy (non-hydrogen) atoms. The van der Waals surface area contributed by atoms with Gasteiger partial charge in [-0.3, -0.25) is 9.59 Å². The minimum atomic E-state index is -0.326. The predicted octanol–water partition coefficient (Wildman–Crippen LogP) is 4.66. The summed E-state index contributed by atoms with van der Waals surface area (Å²) in [7, 11) is 0. The van der Waals surface area contributed by atoms with Crippen molar-refractivity contribution < 1.29 is 19.1 Å². The van der Waals surface area contributed by atoms with Gasteiger partial charge < -0.3 is 14.4 Å². The van der Waals surface area contributed by atoms with Crippen LogP contribution >= 0.6 is 0 Å². The lowest BCUT2D eigenvalue weighted by Gasteiger charge is -2.31. The number of aromatic nitrogens is 2. The summed E-state index contributed by atoms with van der Waals surface area (Å²) in [5.41, 5.74) is 2.02. The van der Waals surface area contributed by atoms with Gasteiger partial charge in [-0.1, -0.05) is 48.5 Å². The van der Waals surface area contributed by atoms with E-state index >= 15 is 0 Å². The highest BCUT2D eigenvalue weighted by Gasteiger charge is 2.31. The molecule has 2 heterocycles. The number of nitrogens with zero attached hydrogens (tertiary/aromatic N) is 3. The monoisotopic (exact) mass is 445 g/mol. The molecule has 2 aromatic carbocycles. The Labute approximate surface area is 193 Å². The number of carbonyl (C=O) groups is 2. The van der Waals surface area contributed by atoms with E-state index in [1.165, 1.54) is 6.20 Å². The maximum Gasteiger partial charge on any atom is 0.310 e. The van der Waals surface area contributed by atoms with Crippen molar-refractivity contribution in [2.45, 2.75) is 26.7 Å². The molecule has 1 amide bonds. The Morgan fingerprint density at radius 2 is 1.85 bits per heavy atom. The van der Waals surface area contributed by atoms with Gasteiger partial charge in [0.05, 0.1) is 12.5 Å². The molecule has 170 valence electrons. The molecule has 7 heteroatoms. The molecule has 0 N–H and O–H groups in total. The molecule has 1 fully saturated rings. The first-order valence-electron chi connectivity index (χ1n) is 11.2. The van der Waals surface area contributed by atoms with Gasteiger partial charge in [0.15, 0.2) is 5.82 Å². The van der Waals surface area contributed by atoms with E-state index < -0.39 is 0 Å². The van der Waals surface area contributed by atoms with Crippen LogP contribution in [0.5, 0.6) is 11.6 Å². The van der Waals surface area contributed by atoms with Gasteiger partial charge in [0.2, 0.25) is 5.88 Å². The molecular formula is C26H27N3O4. The van der Waals surface area contributed by atoms with Gasteiger partial charge in [-0.15, -0.1) is 0 Å². The number of esters is 1. The van der Waals surface area contributed by atoms with Crippen molar-refractivity contribution in [3.8, 4) is 23.0 Å². The molecule has 7 nitrogen and oxygen atoms in total. The number of aryl methyl sites for hydroxylation is 1. The summed E-state index contributed by atoms with van der Waals surface area (Å²) in [6.45, 7) is 4.91. The minimum absolute atomic E-state index is 0.196.